The van der Waals surface area contributed by atoms with Crippen LogP contribution in [0.2, 0.25) is 0 Å². The van der Waals surface area contributed by atoms with Gasteiger partial charge in [-0.2, -0.15) is 5.10 Å². The summed E-state index contributed by atoms with van der Waals surface area (Å²) < 4.78 is 1.04. The highest BCUT2D eigenvalue weighted by Crippen LogP contribution is 2.31. The summed E-state index contributed by atoms with van der Waals surface area (Å²) in [6, 6.07) is 11.9. The van der Waals surface area contributed by atoms with E-state index in [1.54, 1.807) is 0 Å². The molecule has 3 rings (SSSR count). The molecule has 0 aliphatic rings. The van der Waals surface area contributed by atoms with Crippen LogP contribution in [0.1, 0.15) is 5.69 Å². The van der Waals surface area contributed by atoms with Gasteiger partial charge in [0.15, 0.2) is 5.82 Å². The van der Waals surface area contributed by atoms with Crippen molar-refractivity contribution in [3.63, 3.8) is 0 Å². The zero-order chi connectivity index (χ0) is 14.8. The molecule has 1 aromatic carbocycles. The Kier molecular flexibility index (Phi) is 3.94. The minimum absolute atomic E-state index is 0.749. The molecular formula is C14H12BrN5S. The minimum atomic E-state index is 0.749. The summed E-state index contributed by atoms with van der Waals surface area (Å²) >= 11 is 4.95. The molecule has 0 radical (unpaired) electrons. The van der Waals surface area contributed by atoms with Crippen LogP contribution in [-0.2, 0) is 0 Å². The molecule has 21 heavy (non-hydrogen) atoms. The van der Waals surface area contributed by atoms with Crippen molar-refractivity contribution in [1.82, 2.24) is 20.4 Å². The Hall–Kier alpha value is -1.86. The molecule has 0 aliphatic heterocycles. The van der Waals surface area contributed by atoms with Crippen LogP contribution in [0.15, 0.2) is 40.9 Å². The number of rotatable bonds is 3. The van der Waals surface area contributed by atoms with Crippen molar-refractivity contribution < 1.29 is 0 Å². The second-order valence-corrected chi connectivity index (χ2v) is 6.36. The second kappa shape index (κ2) is 5.87. The van der Waals surface area contributed by atoms with E-state index in [1.165, 1.54) is 11.3 Å². The van der Waals surface area contributed by atoms with Gasteiger partial charge in [0, 0.05) is 17.1 Å². The lowest BCUT2D eigenvalue weighted by atomic mass is 10.2. The predicted octanol–water partition coefficient (Wildman–Crippen LogP) is 3.83. The highest BCUT2D eigenvalue weighted by molar-refractivity contribution is 9.10. The van der Waals surface area contributed by atoms with Gasteiger partial charge in [0.05, 0.1) is 5.69 Å². The van der Waals surface area contributed by atoms with Gasteiger partial charge < -0.3 is 4.90 Å². The molecule has 5 nitrogen and oxygen atoms in total. The van der Waals surface area contributed by atoms with E-state index in [0.29, 0.717) is 0 Å². The van der Waals surface area contributed by atoms with Crippen LogP contribution in [0.3, 0.4) is 0 Å². The first-order valence-corrected chi connectivity index (χ1v) is 7.88. The van der Waals surface area contributed by atoms with E-state index in [9.17, 15) is 0 Å². The molecule has 106 valence electrons. The van der Waals surface area contributed by atoms with Gasteiger partial charge in [-0.15, -0.1) is 15.3 Å². The maximum Gasteiger partial charge on any atom is 0.214 e. The molecule has 0 saturated heterocycles. The topological polar surface area (TPSA) is 54.8 Å². The van der Waals surface area contributed by atoms with Gasteiger partial charge in [0.2, 0.25) is 5.13 Å². The van der Waals surface area contributed by atoms with E-state index in [4.69, 9.17) is 0 Å². The molecule has 2 aromatic heterocycles. The van der Waals surface area contributed by atoms with Gasteiger partial charge >= 0.3 is 0 Å². The van der Waals surface area contributed by atoms with Gasteiger partial charge in [-0.25, -0.2) is 0 Å². The van der Waals surface area contributed by atoms with Gasteiger partial charge in [-0.1, -0.05) is 39.4 Å². The number of aryl methyl sites for hydroxylation is 1. The molecule has 0 unspecified atom stereocenters. The lowest BCUT2D eigenvalue weighted by Crippen LogP contribution is -2.11. The fourth-order valence-electron chi connectivity index (χ4n) is 1.73. The van der Waals surface area contributed by atoms with Crippen molar-refractivity contribution in [2.75, 3.05) is 11.9 Å². The molecular weight excluding hydrogens is 350 g/mol. The van der Waals surface area contributed by atoms with E-state index in [-0.39, 0.29) is 0 Å². The van der Waals surface area contributed by atoms with Gasteiger partial charge in [0.25, 0.3) is 0 Å². The van der Waals surface area contributed by atoms with Crippen molar-refractivity contribution in [3.8, 4) is 10.6 Å². The Labute approximate surface area is 134 Å². The van der Waals surface area contributed by atoms with Gasteiger partial charge in [-0.05, 0) is 31.2 Å². The molecule has 0 aliphatic carbocycles. The van der Waals surface area contributed by atoms with Gasteiger partial charge in [-0.3, -0.25) is 0 Å². The number of aromatic nitrogens is 4. The van der Waals surface area contributed by atoms with Crippen LogP contribution < -0.4 is 4.90 Å². The quantitative estimate of drug-likeness (QED) is 0.709. The SMILES string of the molecule is Cc1ccc(N(C)c2nnc(-c3ccc(Br)cc3)s2)nn1. The van der Waals surface area contributed by atoms with E-state index < -0.39 is 0 Å². The highest BCUT2D eigenvalue weighted by atomic mass is 79.9. The van der Waals surface area contributed by atoms with Crippen LogP contribution in [0.25, 0.3) is 10.6 Å². The molecule has 7 heteroatoms. The lowest BCUT2D eigenvalue weighted by molar-refractivity contribution is 0.940. The zero-order valence-corrected chi connectivity index (χ0v) is 13.9. The smallest absolute Gasteiger partial charge is 0.214 e. The van der Waals surface area contributed by atoms with Crippen LogP contribution in [-0.4, -0.2) is 27.4 Å². The van der Waals surface area contributed by atoms with Gasteiger partial charge in [0.1, 0.15) is 5.01 Å². The fraction of sp³-hybridized carbons (Fsp3) is 0.143. The molecule has 0 bridgehead atoms. The third kappa shape index (κ3) is 3.08. The van der Waals surface area contributed by atoms with E-state index in [2.05, 4.69) is 36.3 Å². The first kappa shape index (κ1) is 14.1. The molecule has 0 amide bonds. The molecule has 0 saturated carbocycles. The summed E-state index contributed by atoms with van der Waals surface area (Å²) in [5, 5.41) is 18.4. The number of benzene rings is 1. The molecule has 0 fully saturated rings. The molecule has 0 N–H and O–H groups in total. The van der Waals surface area contributed by atoms with E-state index in [0.717, 1.165) is 31.7 Å². The molecule has 2 heterocycles. The average molecular weight is 362 g/mol. The Morgan fingerprint density at radius 2 is 1.71 bits per heavy atom. The van der Waals surface area contributed by atoms with Crippen molar-refractivity contribution in [1.29, 1.82) is 0 Å². The molecule has 0 atom stereocenters. The zero-order valence-electron chi connectivity index (χ0n) is 11.5. The third-order valence-electron chi connectivity index (χ3n) is 2.92. The number of halogens is 1. The van der Waals surface area contributed by atoms with Crippen molar-refractivity contribution in [2.45, 2.75) is 6.92 Å². The summed E-state index contributed by atoms with van der Waals surface area (Å²) in [5.41, 5.74) is 1.94. The molecule has 3 aromatic rings. The second-order valence-electron chi connectivity index (χ2n) is 4.49. The van der Waals surface area contributed by atoms with E-state index >= 15 is 0 Å². The maximum absolute atomic E-state index is 4.24. The predicted molar refractivity (Wildman–Crippen MR) is 87.9 cm³/mol. The third-order valence-corrected chi connectivity index (χ3v) is 4.50. The Bertz CT molecular complexity index is 739. The monoisotopic (exact) mass is 361 g/mol. The fourth-order valence-corrected chi connectivity index (χ4v) is 2.81. The van der Waals surface area contributed by atoms with Crippen molar-refractivity contribution in [3.05, 3.63) is 46.6 Å². The summed E-state index contributed by atoms with van der Waals surface area (Å²) in [6.07, 6.45) is 0. The minimum Gasteiger partial charge on any atom is -0.303 e. The highest BCUT2D eigenvalue weighted by Gasteiger charge is 2.13. The number of hydrogen-bond donors (Lipinski definition) is 0. The first-order chi connectivity index (χ1) is 10.1. The van der Waals surface area contributed by atoms with E-state index in [1.807, 2.05) is 55.3 Å². The summed E-state index contributed by atoms with van der Waals surface area (Å²) in [6.45, 7) is 1.91. The Morgan fingerprint density at radius 3 is 2.38 bits per heavy atom. The molecule has 0 spiro atoms. The maximum atomic E-state index is 4.24. The first-order valence-electron chi connectivity index (χ1n) is 6.27. The largest absolute Gasteiger partial charge is 0.303 e. The lowest BCUT2D eigenvalue weighted by Gasteiger charge is -2.12. The summed E-state index contributed by atoms with van der Waals surface area (Å²) in [5.74, 6) is 0.749. The van der Waals surface area contributed by atoms with Crippen LogP contribution >= 0.6 is 27.3 Å². The Morgan fingerprint density at radius 1 is 0.952 bits per heavy atom. The van der Waals surface area contributed by atoms with Crippen molar-refractivity contribution >= 4 is 38.2 Å². The summed E-state index contributed by atoms with van der Waals surface area (Å²) in [7, 11) is 1.91. The summed E-state index contributed by atoms with van der Waals surface area (Å²) in [4.78, 5) is 1.88. The number of nitrogens with zero attached hydrogens (tertiary/aromatic N) is 5. The van der Waals surface area contributed by atoms with Crippen LogP contribution in [0.5, 0.6) is 0 Å². The Balaban J connectivity index is 1.87. The standard InChI is InChI=1S/C14H12BrN5S/c1-9-3-8-12(17-16-9)20(2)14-19-18-13(21-14)10-4-6-11(15)7-5-10/h3-8H,1-2H3. The average Bonchev–Trinajstić information content (AvgIpc) is 2.98. The number of hydrogen-bond acceptors (Lipinski definition) is 6. The normalized spacial score (nSPS) is 10.6. The van der Waals surface area contributed by atoms with Crippen molar-refractivity contribution in [2.24, 2.45) is 0 Å². The van der Waals surface area contributed by atoms with Crippen LogP contribution in [0, 0.1) is 6.92 Å². The van der Waals surface area contributed by atoms with Crippen LogP contribution in [0.4, 0.5) is 10.9 Å². The number of anilines is 2.